The Morgan fingerprint density at radius 1 is 1.26 bits per heavy atom. The maximum absolute atomic E-state index is 4.43. The molecule has 0 fully saturated rings. The quantitative estimate of drug-likeness (QED) is 0.825. The van der Waals surface area contributed by atoms with Gasteiger partial charge in [0.15, 0.2) is 0 Å². The smallest absolute Gasteiger partial charge is 0.0828 e. The van der Waals surface area contributed by atoms with E-state index in [0.717, 1.165) is 26.0 Å². The van der Waals surface area contributed by atoms with E-state index in [9.17, 15) is 0 Å². The van der Waals surface area contributed by atoms with Crippen LogP contribution in [0.2, 0.25) is 0 Å². The monoisotopic (exact) mass is 385 g/mol. The summed E-state index contributed by atoms with van der Waals surface area (Å²) < 4.78 is 4.08. The zero-order valence-corrected chi connectivity index (χ0v) is 14.6. The number of hydrogen-bond acceptors (Lipinski definition) is 2. The van der Waals surface area contributed by atoms with Crippen LogP contribution in [-0.4, -0.2) is 9.78 Å². The van der Waals surface area contributed by atoms with Crippen molar-refractivity contribution in [1.29, 1.82) is 0 Å². The number of aryl methyl sites for hydroxylation is 2. The van der Waals surface area contributed by atoms with Crippen LogP contribution in [0, 0.1) is 13.8 Å². The third-order valence-corrected chi connectivity index (χ3v) is 4.48. The molecule has 2 aromatic rings. The van der Waals surface area contributed by atoms with Gasteiger partial charge >= 0.3 is 0 Å². The van der Waals surface area contributed by atoms with Gasteiger partial charge in [-0.05, 0) is 38.5 Å². The molecule has 1 unspecified atom stereocenters. The Bertz CT molecular complexity index is 605. The van der Waals surface area contributed by atoms with E-state index in [2.05, 4.69) is 74.3 Å². The lowest BCUT2D eigenvalue weighted by molar-refractivity contribution is 0.731. The minimum atomic E-state index is 0.212. The summed E-state index contributed by atoms with van der Waals surface area (Å²) in [6.45, 7) is 6.25. The highest BCUT2D eigenvalue weighted by molar-refractivity contribution is 9.11. The molecule has 0 aliphatic heterocycles. The molecule has 5 heteroatoms. The SMILES string of the molecule is Cc1nn(C)c(C)c1NC(C)c1ccc(Br)cc1Br. The highest BCUT2D eigenvalue weighted by atomic mass is 79.9. The number of nitrogens with one attached hydrogen (secondary N) is 1. The van der Waals surface area contributed by atoms with Gasteiger partial charge in [0.2, 0.25) is 0 Å². The summed E-state index contributed by atoms with van der Waals surface area (Å²) in [7, 11) is 1.97. The molecule has 0 saturated carbocycles. The molecule has 3 nitrogen and oxygen atoms in total. The summed E-state index contributed by atoms with van der Waals surface area (Å²) in [4.78, 5) is 0. The molecule has 1 heterocycles. The van der Waals surface area contributed by atoms with Crippen molar-refractivity contribution >= 4 is 37.5 Å². The Morgan fingerprint density at radius 2 is 1.95 bits per heavy atom. The van der Waals surface area contributed by atoms with Crippen LogP contribution in [0.4, 0.5) is 5.69 Å². The molecule has 0 spiro atoms. The predicted octanol–water partition coefficient (Wildman–Crippen LogP) is 4.74. The van der Waals surface area contributed by atoms with Crippen LogP contribution < -0.4 is 5.32 Å². The van der Waals surface area contributed by atoms with E-state index in [1.54, 1.807) is 0 Å². The van der Waals surface area contributed by atoms with Crippen molar-refractivity contribution in [1.82, 2.24) is 9.78 Å². The van der Waals surface area contributed by atoms with Gasteiger partial charge < -0.3 is 5.32 Å². The van der Waals surface area contributed by atoms with Crippen molar-refractivity contribution in [3.05, 3.63) is 44.1 Å². The zero-order chi connectivity index (χ0) is 14.2. The fraction of sp³-hybridized carbons (Fsp3) is 0.357. The molecule has 19 heavy (non-hydrogen) atoms. The van der Waals surface area contributed by atoms with Crippen LogP contribution in [0.25, 0.3) is 0 Å². The number of benzene rings is 1. The summed E-state index contributed by atoms with van der Waals surface area (Å²) >= 11 is 7.09. The van der Waals surface area contributed by atoms with Crippen LogP contribution in [-0.2, 0) is 7.05 Å². The first-order chi connectivity index (χ1) is 8.90. The fourth-order valence-electron chi connectivity index (χ4n) is 2.13. The number of halogens is 2. The fourth-order valence-corrected chi connectivity index (χ4v) is 3.52. The first-order valence-electron chi connectivity index (χ1n) is 6.12. The molecule has 1 atom stereocenters. The third-order valence-electron chi connectivity index (χ3n) is 3.30. The van der Waals surface area contributed by atoms with Crippen LogP contribution >= 0.6 is 31.9 Å². The van der Waals surface area contributed by atoms with Crippen LogP contribution in [0.15, 0.2) is 27.1 Å². The Balaban J connectivity index is 2.28. The van der Waals surface area contributed by atoms with Gasteiger partial charge in [0, 0.05) is 22.0 Å². The van der Waals surface area contributed by atoms with E-state index in [-0.39, 0.29) is 6.04 Å². The number of rotatable bonds is 3. The molecule has 1 aromatic heterocycles. The van der Waals surface area contributed by atoms with Crippen molar-refractivity contribution in [2.75, 3.05) is 5.32 Å². The van der Waals surface area contributed by atoms with Crippen LogP contribution in [0.1, 0.15) is 29.9 Å². The normalized spacial score (nSPS) is 12.5. The number of anilines is 1. The summed E-state index contributed by atoms with van der Waals surface area (Å²) in [5.41, 5.74) is 4.52. The maximum Gasteiger partial charge on any atom is 0.0828 e. The van der Waals surface area contributed by atoms with E-state index in [4.69, 9.17) is 0 Å². The van der Waals surface area contributed by atoms with Crippen molar-refractivity contribution in [3.63, 3.8) is 0 Å². The largest absolute Gasteiger partial charge is 0.376 e. The molecule has 0 radical (unpaired) electrons. The summed E-state index contributed by atoms with van der Waals surface area (Å²) in [6.07, 6.45) is 0. The van der Waals surface area contributed by atoms with Gasteiger partial charge in [-0.15, -0.1) is 0 Å². The molecule has 0 bridgehead atoms. The molecule has 1 N–H and O–H groups in total. The van der Waals surface area contributed by atoms with Gasteiger partial charge in [0.05, 0.1) is 17.1 Å². The summed E-state index contributed by atoms with van der Waals surface area (Å²) in [5, 5.41) is 7.98. The Kier molecular flexibility index (Phi) is 4.36. The third kappa shape index (κ3) is 3.03. The average Bonchev–Trinajstić information content (AvgIpc) is 2.56. The molecular weight excluding hydrogens is 370 g/mol. The summed E-state index contributed by atoms with van der Waals surface area (Å²) in [6, 6.07) is 6.45. The molecule has 0 aliphatic rings. The van der Waals surface area contributed by atoms with Gasteiger partial charge in [0.25, 0.3) is 0 Å². The molecule has 0 aliphatic carbocycles. The maximum atomic E-state index is 4.43. The van der Waals surface area contributed by atoms with E-state index < -0.39 is 0 Å². The Morgan fingerprint density at radius 3 is 2.47 bits per heavy atom. The first kappa shape index (κ1) is 14.6. The molecule has 0 saturated heterocycles. The first-order valence-corrected chi connectivity index (χ1v) is 7.70. The van der Waals surface area contributed by atoms with Crippen molar-refractivity contribution in [3.8, 4) is 0 Å². The van der Waals surface area contributed by atoms with Crippen LogP contribution in [0.3, 0.4) is 0 Å². The minimum absolute atomic E-state index is 0.212. The topological polar surface area (TPSA) is 29.9 Å². The standard InChI is InChI=1S/C14H17Br2N3/c1-8(12-6-5-11(15)7-13(12)16)17-14-9(2)18-19(4)10(14)3/h5-8,17H,1-4H3. The number of aromatic nitrogens is 2. The molecule has 0 amide bonds. The van der Waals surface area contributed by atoms with Gasteiger partial charge in [-0.1, -0.05) is 37.9 Å². The minimum Gasteiger partial charge on any atom is -0.376 e. The lowest BCUT2D eigenvalue weighted by atomic mass is 10.1. The van der Waals surface area contributed by atoms with Gasteiger partial charge in [0.1, 0.15) is 0 Å². The second kappa shape index (κ2) is 5.67. The zero-order valence-electron chi connectivity index (χ0n) is 11.5. The lowest BCUT2D eigenvalue weighted by Crippen LogP contribution is -2.08. The van der Waals surface area contributed by atoms with Gasteiger partial charge in [-0.3, -0.25) is 4.68 Å². The van der Waals surface area contributed by atoms with Crippen LogP contribution in [0.5, 0.6) is 0 Å². The van der Waals surface area contributed by atoms with E-state index in [0.29, 0.717) is 0 Å². The Hall–Kier alpha value is -0.810. The van der Waals surface area contributed by atoms with Crippen molar-refractivity contribution in [2.24, 2.45) is 7.05 Å². The molecule has 102 valence electrons. The molecule has 2 rings (SSSR count). The highest BCUT2D eigenvalue weighted by Gasteiger charge is 2.14. The lowest BCUT2D eigenvalue weighted by Gasteiger charge is -2.17. The molecule has 1 aromatic carbocycles. The second-order valence-corrected chi connectivity index (χ2v) is 6.47. The van der Waals surface area contributed by atoms with Gasteiger partial charge in [-0.25, -0.2) is 0 Å². The highest BCUT2D eigenvalue weighted by Crippen LogP contribution is 2.30. The average molecular weight is 387 g/mol. The van der Waals surface area contributed by atoms with E-state index in [1.165, 1.54) is 5.56 Å². The number of hydrogen-bond donors (Lipinski definition) is 1. The van der Waals surface area contributed by atoms with Gasteiger partial charge in [-0.2, -0.15) is 5.10 Å². The number of nitrogens with zero attached hydrogens (tertiary/aromatic N) is 2. The molecular formula is C14H17Br2N3. The summed E-state index contributed by atoms with van der Waals surface area (Å²) in [5.74, 6) is 0. The van der Waals surface area contributed by atoms with Crippen molar-refractivity contribution < 1.29 is 0 Å². The predicted molar refractivity (Wildman–Crippen MR) is 86.6 cm³/mol. The van der Waals surface area contributed by atoms with Crippen molar-refractivity contribution in [2.45, 2.75) is 26.8 Å². The second-order valence-electron chi connectivity index (χ2n) is 4.70. The Labute approximate surface area is 130 Å². The van der Waals surface area contributed by atoms with E-state index >= 15 is 0 Å². The van der Waals surface area contributed by atoms with E-state index in [1.807, 2.05) is 18.7 Å².